The Balaban J connectivity index is 2.02. The summed E-state index contributed by atoms with van der Waals surface area (Å²) in [6.07, 6.45) is 4.16. The first-order valence-electron chi connectivity index (χ1n) is 6.08. The van der Waals surface area contributed by atoms with E-state index in [1.165, 1.54) is 18.2 Å². The van der Waals surface area contributed by atoms with Crippen molar-refractivity contribution >= 4 is 29.0 Å². The maximum Gasteiger partial charge on any atom is 0.319 e. The van der Waals surface area contributed by atoms with Crippen LogP contribution in [0, 0.1) is 10.1 Å². The number of carbonyl (C=O) groups is 1. The number of non-ortho nitro benzene ring substituents is 1. The third-order valence-electron chi connectivity index (χ3n) is 3.10. The van der Waals surface area contributed by atoms with Gasteiger partial charge >= 0.3 is 6.03 Å². The van der Waals surface area contributed by atoms with Crippen LogP contribution in [-0.2, 0) is 0 Å². The fourth-order valence-electron chi connectivity index (χ4n) is 2.14. The number of nitro benzene ring substituents is 1. The van der Waals surface area contributed by atoms with E-state index >= 15 is 0 Å². The van der Waals surface area contributed by atoms with E-state index in [-0.39, 0.29) is 28.5 Å². The smallest absolute Gasteiger partial charge is 0.319 e. The van der Waals surface area contributed by atoms with Gasteiger partial charge < -0.3 is 10.6 Å². The van der Waals surface area contributed by atoms with E-state index < -0.39 is 4.92 Å². The first-order chi connectivity index (χ1) is 9.06. The van der Waals surface area contributed by atoms with Gasteiger partial charge in [-0.1, -0.05) is 24.4 Å². The number of urea groups is 1. The molecule has 2 N–H and O–H groups in total. The van der Waals surface area contributed by atoms with Gasteiger partial charge in [0.15, 0.2) is 0 Å². The van der Waals surface area contributed by atoms with Gasteiger partial charge in [0.25, 0.3) is 5.69 Å². The second kappa shape index (κ2) is 5.88. The number of anilines is 1. The predicted octanol–water partition coefficient (Wildman–Crippen LogP) is 3.31. The van der Waals surface area contributed by atoms with E-state index in [4.69, 9.17) is 11.6 Å². The normalized spacial score (nSPS) is 15.2. The lowest BCUT2D eigenvalue weighted by Crippen LogP contribution is -2.36. The minimum atomic E-state index is -0.531. The molecular weight excluding hydrogens is 270 g/mol. The molecule has 0 saturated heterocycles. The van der Waals surface area contributed by atoms with Gasteiger partial charge in [-0.05, 0) is 18.9 Å². The number of hydrogen-bond donors (Lipinski definition) is 2. The van der Waals surface area contributed by atoms with Gasteiger partial charge in [-0.3, -0.25) is 10.1 Å². The molecule has 0 heterocycles. The fraction of sp³-hybridized carbons (Fsp3) is 0.417. The largest absolute Gasteiger partial charge is 0.335 e. The quantitative estimate of drug-likeness (QED) is 0.659. The van der Waals surface area contributed by atoms with Crippen LogP contribution in [0.1, 0.15) is 25.7 Å². The molecule has 1 aliphatic rings. The van der Waals surface area contributed by atoms with Crippen LogP contribution < -0.4 is 10.6 Å². The van der Waals surface area contributed by atoms with Gasteiger partial charge in [0, 0.05) is 18.2 Å². The van der Waals surface area contributed by atoms with Crippen LogP contribution in [0.3, 0.4) is 0 Å². The lowest BCUT2D eigenvalue weighted by atomic mass is 10.2. The molecule has 0 bridgehead atoms. The molecule has 0 radical (unpaired) electrons. The molecule has 1 aromatic carbocycles. The molecule has 0 spiro atoms. The predicted molar refractivity (Wildman–Crippen MR) is 72.5 cm³/mol. The molecule has 19 heavy (non-hydrogen) atoms. The van der Waals surface area contributed by atoms with Crippen molar-refractivity contribution in [1.29, 1.82) is 0 Å². The number of halogens is 1. The van der Waals surface area contributed by atoms with Crippen molar-refractivity contribution < 1.29 is 9.72 Å². The number of carbonyl (C=O) groups excluding carboxylic acids is 1. The van der Waals surface area contributed by atoms with Crippen molar-refractivity contribution in [3.8, 4) is 0 Å². The highest BCUT2D eigenvalue weighted by atomic mass is 35.5. The summed E-state index contributed by atoms with van der Waals surface area (Å²) in [4.78, 5) is 21.9. The summed E-state index contributed by atoms with van der Waals surface area (Å²) >= 11 is 5.90. The number of nitro groups is 1. The van der Waals surface area contributed by atoms with Gasteiger partial charge in [0.2, 0.25) is 0 Å². The van der Waals surface area contributed by atoms with Gasteiger partial charge in [-0.15, -0.1) is 0 Å². The molecule has 0 unspecified atom stereocenters. The standard InChI is InChI=1S/C12H14ClN3O3/c13-10-6-5-9(16(18)19)7-11(10)15-12(17)14-8-3-1-2-4-8/h5-8H,1-4H2,(H2,14,15,17). The second-order valence-electron chi connectivity index (χ2n) is 4.50. The highest BCUT2D eigenvalue weighted by Crippen LogP contribution is 2.26. The molecule has 0 aromatic heterocycles. The number of nitrogens with zero attached hydrogens (tertiary/aromatic N) is 1. The first-order valence-corrected chi connectivity index (χ1v) is 6.45. The minimum Gasteiger partial charge on any atom is -0.335 e. The zero-order valence-corrected chi connectivity index (χ0v) is 10.9. The van der Waals surface area contributed by atoms with Crippen LogP contribution in [0.2, 0.25) is 5.02 Å². The number of rotatable bonds is 3. The third kappa shape index (κ3) is 3.57. The Bertz CT molecular complexity index is 501. The van der Waals surface area contributed by atoms with Crippen molar-refractivity contribution in [2.24, 2.45) is 0 Å². The van der Waals surface area contributed by atoms with Crippen molar-refractivity contribution in [3.05, 3.63) is 33.3 Å². The van der Waals surface area contributed by atoms with Crippen LogP contribution in [0.5, 0.6) is 0 Å². The molecule has 7 heteroatoms. The second-order valence-corrected chi connectivity index (χ2v) is 4.91. The summed E-state index contributed by atoms with van der Waals surface area (Å²) in [6, 6.07) is 3.73. The summed E-state index contributed by atoms with van der Waals surface area (Å²) in [5, 5.41) is 16.3. The van der Waals surface area contributed by atoms with E-state index in [9.17, 15) is 14.9 Å². The van der Waals surface area contributed by atoms with Crippen molar-refractivity contribution in [2.75, 3.05) is 5.32 Å². The Morgan fingerprint density at radius 2 is 2.05 bits per heavy atom. The summed E-state index contributed by atoms with van der Waals surface area (Å²) in [5.74, 6) is 0. The van der Waals surface area contributed by atoms with Crippen LogP contribution in [0.15, 0.2) is 18.2 Å². The van der Waals surface area contributed by atoms with E-state index in [2.05, 4.69) is 10.6 Å². The van der Waals surface area contributed by atoms with Crippen LogP contribution in [0.25, 0.3) is 0 Å². The van der Waals surface area contributed by atoms with E-state index in [1.54, 1.807) is 0 Å². The fourth-order valence-corrected chi connectivity index (χ4v) is 2.30. The zero-order valence-electron chi connectivity index (χ0n) is 10.2. The average Bonchev–Trinajstić information content (AvgIpc) is 2.84. The molecular formula is C12H14ClN3O3. The maximum atomic E-state index is 11.8. The van der Waals surface area contributed by atoms with Crippen molar-refractivity contribution in [1.82, 2.24) is 5.32 Å². The lowest BCUT2D eigenvalue weighted by Gasteiger charge is -2.13. The van der Waals surface area contributed by atoms with Gasteiger partial charge in [0.1, 0.15) is 0 Å². The van der Waals surface area contributed by atoms with Gasteiger partial charge in [0.05, 0.1) is 15.6 Å². The molecule has 6 nitrogen and oxygen atoms in total. The number of amides is 2. The van der Waals surface area contributed by atoms with Crippen molar-refractivity contribution in [2.45, 2.75) is 31.7 Å². The molecule has 0 atom stereocenters. The molecule has 1 aromatic rings. The topological polar surface area (TPSA) is 84.3 Å². The van der Waals surface area contributed by atoms with Crippen molar-refractivity contribution in [3.63, 3.8) is 0 Å². The highest BCUT2D eigenvalue weighted by molar-refractivity contribution is 6.33. The SMILES string of the molecule is O=C(Nc1cc([N+](=O)[O-])ccc1Cl)NC1CCCC1. The summed E-state index contributed by atoms with van der Waals surface area (Å²) in [6.45, 7) is 0. The van der Waals surface area contributed by atoms with Crippen LogP contribution >= 0.6 is 11.6 Å². The van der Waals surface area contributed by atoms with Crippen LogP contribution in [-0.4, -0.2) is 17.0 Å². The summed E-state index contributed by atoms with van der Waals surface area (Å²) in [7, 11) is 0. The van der Waals surface area contributed by atoms with E-state index in [0.29, 0.717) is 0 Å². The number of nitrogens with one attached hydrogen (secondary N) is 2. The summed E-state index contributed by atoms with van der Waals surface area (Å²) in [5.41, 5.74) is 0.131. The molecule has 2 amide bonds. The minimum absolute atomic E-state index is 0.111. The molecule has 102 valence electrons. The number of benzene rings is 1. The highest BCUT2D eigenvalue weighted by Gasteiger charge is 2.18. The van der Waals surface area contributed by atoms with Gasteiger partial charge in [-0.25, -0.2) is 4.79 Å². The first kappa shape index (κ1) is 13.6. The third-order valence-corrected chi connectivity index (χ3v) is 3.43. The maximum absolute atomic E-state index is 11.8. The Kier molecular flexibility index (Phi) is 4.21. The molecule has 0 aliphatic heterocycles. The molecule has 1 fully saturated rings. The van der Waals surface area contributed by atoms with E-state index in [1.807, 2.05) is 0 Å². The summed E-state index contributed by atoms with van der Waals surface area (Å²) < 4.78 is 0. The molecule has 2 rings (SSSR count). The average molecular weight is 284 g/mol. The Morgan fingerprint density at radius 3 is 2.68 bits per heavy atom. The molecule has 1 saturated carbocycles. The zero-order chi connectivity index (χ0) is 13.8. The monoisotopic (exact) mass is 283 g/mol. The van der Waals surface area contributed by atoms with E-state index in [0.717, 1.165) is 25.7 Å². The van der Waals surface area contributed by atoms with Crippen LogP contribution in [0.4, 0.5) is 16.2 Å². The Morgan fingerprint density at radius 1 is 1.37 bits per heavy atom. The molecule has 1 aliphatic carbocycles. The lowest BCUT2D eigenvalue weighted by molar-refractivity contribution is -0.384. The Labute approximate surface area is 115 Å². The Hall–Kier alpha value is -1.82. The van der Waals surface area contributed by atoms with Gasteiger partial charge in [-0.2, -0.15) is 0 Å². The number of hydrogen-bond acceptors (Lipinski definition) is 3.